The van der Waals surface area contributed by atoms with E-state index in [0.717, 1.165) is 18.7 Å². The van der Waals surface area contributed by atoms with Gasteiger partial charge in [0, 0.05) is 24.4 Å². The van der Waals surface area contributed by atoms with Crippen LogP contribution in [-0.2, 0) is 4.74 Å². The zero-order valence-electron chi connectivity index (χ0n) is 11.5. The zero-order chi connectivity index (χ0) is 12.3. The summed E-state index contributed by atoms with van der Waals surface area (Å²) in [5.41, 5.74) is 0.260. The van der Waals surface area contributed by atoms with Crippen LogP contribution in [0.4, 0.5) is 0 Å². The lowest BCUT2D eigenvalue weighted by molar-refractivity contribution is -0.109. The predicted octanol–water partition coefficient (Wildman–Crippen LogP) is 3.35. The smallest absolute Gasteiger partial charge is 0.0697 e. The lowest BCUT2D eigenvalue weighted by Crippen LogP contribution is -2.51. The number of nitrogens with one attached hydrogen (secondary N) is 1. The maximum atomic E-state index is 6.18. The lowest BCUT2D eigenvalue weighted by atomic mass is 9.78. The van der Waals surface area contributed by atoms with Crippen LogP contribution in [0.5, 0.6) is 0 Å². The molecule has 0 amide bonds. The number of thioether (sulfide) groups is 1. The van der Waals surface area contributed by atoms with Gasteiger partial charge in [-0.15, -0.1) is 0 Å². The van der Waals surface area contributed by atoms with Crippen LogP contribution in [0.3, 0.4) is 0 Å². The first kappa shape index (κ1) is 13.3. The summed E-state index contributed by atoms with van der Waals surface area (Å²) < 4.78 is 6.18. The first-order chi connectivity index (χ1) is 8.86. The fraction of sp³-hybridized carbons (Fsp3) is 1.00. The van der Waals surface area contributed by atoms with Gasteiger partial charge in [-0.25, -0.2) is 0 Å². The molecule has 2 aliphatic heterocycles. The Morgan fingerprint density at radius 3 is 2.67 bits per heavy atom. The molecule has 1 N–H and O–H groups in total. The first-order valence-corrected chi connectivity index (χ1v) is 9.00. The predicted molar refractivity (Wildman–Crippen MR) is 78.3 cm³/mol. The quantitative estimate of drug-likeness (QED) is 0.830. The fourth-order valence-electron chi connectivity index (χ4n) is 3.92. The molecule has 2 nitrogen and oxygen atoms in total. The zero-order valence-corrected chi connectivity index (χ0v) is 12.3. The standard InChI is InChI=1S/C15H27NOS/c1-2-7-15(8-3-1)11-13(6-9-17-15)16-14-5-4-10-18-12-14/h13-14,16H,1-12H2/t13-,14-/m0/s1. The summed E-state index contributed by atoms with van der Waals surface area (Å²) in [6, 6.07) is 1.49. The van der Waals surface area contributed by atoms with E-state index in [-0.39, 0.29) is 5.60 Å². The Morgan fingerprint density at radius 1 is 1.00 bits per heavy atom. The highest BCUT2D eigenvalue weighted by Gasteiger charge is 2.38. The molecule has 3 rings (SSSR count). The molecule has 1 spiro atoms. The van der Waals surface area contributed by atoms with Crippen LogP contribution in [0, 0.1) is 0 Å². The summed E-state index contributed by atoms with van der Waals surface area (Å²) in [7, 11) is 0. The SMILES string of the molecule is C1CCC2(CC1)C[C@@H](N[C@H]1CCCSC1)CCO2. The van der Waals surface area contributed by atoms with Gasteiger partial charge >= 0.3 is 0 Å². The lowest BCUT2D eigenvalue weighted by Gasteiger charge is -2.44. The molecule has 3 aliphatic rings. The molecule has 104 valence electrons. The Labute approximate surface area is 116 Å². The molecule has 2 saturated heterocycles. The van der Waals surface area contributed by atoms with E-state index in [1.54, 1.807) is 0 Å². The van der Waals surface area contributed by atoms with Gasteiger partial charge in [0.15, 0.2) is 0 Å². The highest BCUT2D eigenvalue weighted by Crippen LogP contribution is 2.38. The van der Waals surface area contributed by atoms with Gasteiger partial charge in [-0.3, -0.25) is 0 Å². The second-order valence-electron chi connectivity index (χ2n) is 6.36. The molecule has 0 unspecified atom stereocenters. The van der Waals surface area contributed by atoms with Crippen molar-refractivity contribution in [1.82, 2.24) is 5.32 Å². The van der Waals surface area contributed by atoms with Crippen molar-refractivity contribution in [2.24, 2.45) is 0 Å². The fourth-order valence-corrected chi connectivity index (χ4v) is 5.00. The average Bonchev–Trinajstić information content (AvgIpc) is 2.41. The van der Waals surface area contributed by atoms with Crippen molar-refractivity contribution < 1.29 is 4.74 Å². The molecule has 2 atom stereocenters. The Kier molecular flexibility index (Phi) is 4.53. The molecule has 2 heterocycles. The van der Waals surface area contributed by atoms with Gasteiger partial charge in [0.25, 0.3) is 0 Å². The molecule has 0 aromatic rings. The van der Waals surface area contributed by atoms with Crippen LogP contribution < -0.4 is 5.32 Å². The van der Waals surface area contributed by atoms with Crippen molar-refractivity contribution in [2.75, 3.05) is 18.1 Å². The van der Waals surface area contributed by atoms with Gasteiger partial charge in [-0.1, -0.05) is 19.3 Å². The normalized spacial score (nSPS) is 36.7. The van der Waals surface area contributed by atoms with E-state index in [2.05, 4.69) is 17.1 Å². The largest absolute Gasteiger partial charge is 0.375 e. The number of rotatable bonds is 2. The van der Waals surface area contributed by atoms with Crippen LogP contribution in [0.2, 0.25) is 0 Å². The molecule has 3 fully saturated rings. The van der Waals surface area contributed by atoms with Gasteiger partial charge < -0.3 is 10.1 Å². The van der Waals surface area contributed by atoms with Crippen molar-refractivity contribution in [3.05, 3.63) is 0 Å². The molecule has 3 heteroatoms. The Morgan fingerprint density at radius 2 is 1.89 bits per heavy atom. The van der Waals surface area contributed by atoms with Crippen molar-refractivity contribution in [3.63, 3.8) is 0 Å². The van der Waals surface area contributed by atoms with Gasteiger partial charge in [0.05, 0.1) is 5.60 Å². The molecular weight excluding hydrogens is 242 g/mol. The van der Waals surface area contributed by atoms with E-state index in [4.69, 9.17) is 4.74 Å². The van der Waals surface area contributed by atoms with E-state index in [9.17, 15) is 0 Å². The number of hydrogen-bond acceptors (Lipinski definition) is 3. The van der Waals surface area contributed by atoms with Crippen LogP contribution in [0.15, 0.2) is 0 Å². The second-order valence-corrected chi connectivity index (χ2v) is 7.51. The Bertz CT molecular complexity index is 254. The summed E-state index contributed by atoms with van der Waals surface area (Å²) >= 11 is 2.12. The Balaban J connectivity index is 1.52. The van der Waals surface area contributed by atoms with Crippen LogP contribution >= 0.6 is 11.8 Å². The van der Waals surface area contributed by atoms with Crippen molar-refractivity contribution in [1.29, 1.82) is 0 Å². The number of ether oxygens (including phenoxy) is 1. The second kappa shape index (κ2) is 6.15. The third-order valence-corrected chi connectivity index (χ3v) is 6.10. The maximum absolute atomic E-state index is 6.18. The molecule has 0 aromatic carbocycles. The highest BCUT2D eigenvalue weighted by atomic mass is 32.2. The molecule has 0 aromatic heterocycles. The van der Waals surface area contributed by atoms with Gasteiger partial charge in [0.1, 0.15) is 0 Å². The van der Waals surface area contributed by atoms with Crippen LogP contribution in [-0.4, -0.2) is 35.8 Å². The minimum Gasteiger partial charge on any atom is -0.375 e. The topological polar surface area (TPSA) is 21.3 Å². The van der Waals surface area contributed by atoms with Crippen LogP contribution in [0.25, 0.3) is 0 Å². The summed E-state index contributed by atoms with van der Waals surface area (Å²) in [6.07, 6.45) is 12.1. The summed E-state index contributed by atoms with van der Waals surface area (Å²) in [6.45, 7) is 0.984. The van der Waals surface area contributed by atoms with Gasteiger partial charge in [-0.05, 0) is 44.3 Å². The van der Waals surface area contributed by atoms with E-state index in [1.165, 1.54) is 69.3 Å². The number of hydrogen-bond donors (Lipinski definition) is 1. The monoisotopic (exact) mass is 269 g/mol. The minimum atomic E-state index is 0.260. The Hall–Kier alpha value is 0.270. The van der Waals surface area contributed by atoms with E-state index >= 15 is 0 Å². The van der Waals surface area contributed by atoms with E-state index in [0.29, 0.717) is 0 Å². The third kappa shape index (κ3) is 3.23. The molecule has 1 saturated carbocycles. The van der Waals surface area contributed by atoms with E-state index in [1.807, 2.05) is 0 Å². The van der Waals surface area contributed by atoms with Gasteiger partial charge in [-0.2, -0.15) is 11.8 Å². The molecule has 1 aliphatic carbocycles. The third-order valence-electron chi connectivity index (χ3n) is 4.89. The maximum Gasteiger partial charge on any atom is 0.0697 e. The summed E-state index contributed by atoms with van der Waals surface area (Å²) in [4.78, 5) is 0. The van der Waals surface area contributed by atoms with Crippen molar-refractivity contribution in [2.45, 2.75) is 75.5 Å². The molecule has 0 bridgehead atoms. The van der Waals surface area contributed by atoms with Crippen molar-refractivity contribution >= 4 is 11.8 Å². The van der Waals surface area contributed by atoms with Crippen LogP contribution in [0.1, 0.15) is 57.8 Å². The van der Waals surface area contributed by atoms with Crippen molar-refractivity contribution in [3.8, 4) is 0 Å². The molecule has 0 radical (unpaired) electrons. The van der Waals surface area contributed by atoms with E-state index < -0.39 is 0 Å². The minimum absolute atomic E-state index is 0.260. The summed E-state index contributed by atoms with van der Waals surface area (Å²) in [5.74, 6) is 2.69. The van der Waals surface area contributed by atoms with Gasteiger partial charge in [0.2, 0.25) is 0 Å². The highest BCUT2D eigenvalue weighted by molar-refractivity contribution is 7.99. The molecular formula is C15H27NOS. The summed E-state index contributed by atoms with van der Waals surface area (Å²) in [5, 5.41) is 3.93. The average molecular weight is 269 g/mol. The molecule has 18 heavy (non-hydrogen) atoms. The first-order valence-electron chi connectivity index (χ1n) is 7.84.